The van der Waals surface area contributed by atoms with Gasteiger partial charge in [-0.1, -0.05) is 36.4 Å². The van der Waals surface area contributed by atoms with Crippen molar-refractivity contribution < 1.29 is 28.2 Å². The number of aliphatic hydroxyl groups is 1. The standard InChI is InChI=1S/C26H18FNO5/c1-32-19-11-9-15(10-12-19)23-22(24(29)21-13-16-5-2-3-8-20(16)33-21)25(30)26(31)28(23)18-7-4-6-17(27)14-18/h2-14,23,30H,1H3. The molecular formula is C26H18FNO5. The molecule has 1 amide bonds. The van der Waals surface area contributed by atoms with Crippen LogP contribution in [0.25, 0.3) is 11.0 Å². The predicted molar refractivity (Wildman–Crippen MR) is 120 cm³/mol. The van der Waals surface area contributed by atoms with E-state index in [0.717, 1.165) is 0 Å². The number of rotatable bonds is 5. The number of methoxy groups -OCH3 is 1. The van der Waals surface area contributed by atoms with Crippen molar-refractivity contribution in [3.63, 3.8) is 0 Å². The molecule has 33 heavy (non-hydrogen) atoms. The molecule has 0 bridgehead atoms. The number of carbonyl (C=O) groups is 2. The molecule has 4 aromatic rings. The van der Waals surface area contributed by atoms with Crippen molar-refractivity contribution in [2.24, 2.45) is 0 Å². The number of ketones is 1. The summed E-state index contributed by atoms with van der Waals surface area (Å²) in [5.74, 6) is -2.11. The molecule has 1 atom stereocenters. The zero-order valence-electron chi connectivity index (χ0n) is 17.5. The number of para-hydroxylation sites is 1. The molecule has 0 fully saturated rings. The highest BCUT2D eigenvalue weighted by atomic mass is 19.1. The summed E-state index contributed by atoms with van der Waals surface area (Å²) in [6.45, 7) is 0. The minimum Gasteiger partial charge on any atom is -0.503 e. The molecule has 3 aromatic carbocycles. The fourth-order valence-electron chi connectivity index (χ4n) is 4.06. The lowest BCUT2D eigenvalue weighted by molar-refractivity contribution is -0.117. The van der Waals surface area contributed by atoms with Crippen LogP contribution in [0.3, 0.4) is 0 Å². The Morgan fingerprint density at radius 1 is 1.03 bits per heavy atom. The van der Waals surface area contributed by atoms with Crippen molar-refractivity contribution in [2.45, 2.75) is 6.04 Å². The summed E-state index contributed by atoms with van der Waals surface area (Å²) >= 11 is 0. The maximum atomic E-state index is 14.0. The number of Topliss-reactive ketones (excluding diaryl/α,β-unsaturated/α-hetero) is 1. The van der Waals surface area contributed by atoms with E-state index in [9.17, 15) is 19.1 Å². The second-order valence-corrected chi connectivity index (χ2v) is 7.57. The zero-order valence-corrected chi connectivity index (χ0v) is 17.5. The quantitative estimate of drug-likeness (QED) is 0.420. The molecule has 1 aliphatic rings. The first kappa shape index (κ1) is 20.5. The topological polar surface area (TPSA) is 80.0 Å². The largest absolute Gasteiger partial charge is 0.503 e. The molecule has 0 radical (unpaired) electrons. The van der Waals surface area contributed by atoms with E-state index in [2.05, 4.69) is 0 Å². The maximum absolute atomic E-state index is 14.0. The predicted octanol–water partition coefficient (Wildman–Crippen LogP) is 5.36. The highest BCUT2D eigenvalue weighted by Crippen LogP contribution is 2.42. The van der Waals surface area contributed by atoms with Crippen LogP contribution < -0.4 is 9.64 Å². The van der Waals surface area contributed by atoms with Crippen LogP contribution in [0, 0.1) is 5.82 Å². The Balaban J connectivity index is 1.66. The van der Waals surface area contributed by atoms with Crippen LogP contribution in [-0.4, -0.2) is 23.9 Å². The average Bonchev–Trinajstić information content (AvgIpc) is 3.38. The van der Waals surface area contributed by atoms with Gasteiger partial charge in [0, 0.05) is 11.1 Å². The van der Waals surface area contributed by atoms with Gasteiger partial charge in [-0.05, 0) is 48.0 Å². The van der Waals surface area contributed by atoms with Gasteiger partial charge in [0.25, 0.3) is 5.91 Å². The third-order valence-corrected chi connectivity index (χ3v) is 5.62. The van der Waals surface area contributed by atoms with E-state index in [4.69, 9.17) is 9.15 Å². The summed E-state index contributed by atoms with van der Waals surface area (Å²) in [4.78, 5) is 27.9. The van der Waals surface area contributed by atoms with Gasteiger partial charge in [-0.25, -0.2) is 4.39 Å². The van der Waals surface area contributed by atoms with E-state index in [1.807, 2.05) is 6.07 Å². The Bertz CT molecular complexity index is 1390. The Morgan fingerprint density at radius 3 is 2.48 bits per heavy atom. The van der Waals surface area contributed by atoms with Crippen molar-refractivity contribution in [3.8, 4) is 5.75 Å². The van der Waals surface area contributed by atoms with Gasteiger partial charge in [0.15, 0.2) is 11.5 Å². The number of amides is 1. The molecule has 7 heteroatoms. The molecular weight excluding hydrogens is 425 g/mol. The molecule has 6 nitrogen and oxygen atoms in total. The number of ether oxygens (including phenoxy) is 1. The number of carbonyl (C=O) groups excluding carboxylic acids is 2. The highest BCUT2D eigenvalue weighted by Gasteiger charge is 2.45. The van der Waals surface area contributed by atoms with Crippen LogP contribution in [0.1, 0.15) is 22.2 Å². The Labute approximate surface area is 188 Å². The molecule has 164 valence electrons. The van der Waals surface area contributed by atoms with Crippen LogP contribution in [0.5, 0.6) is 5.75 Å². The van der Waals surface area contributed by atoms with E-state index in [-0.39, 0.29) is 17.0 Å². The van der Waals surface area contributed by atoms with Crippen LogP contribution in [0.2, 0.25) is 0 Å². The van der Waals surface area contributed by atoms with Gasteiger partial charge in [0.2, 0.25) is 5.78 Å². The maximum Gasteiger partial charge on any atom is 0.294 e. The smallest absolute Gasteiger partial charge is 0.294 e. The van der Waals surface area contributed by atoms with Crippen molar-refractivity contribution in [1.29, 1.82) is 0 Å². The molecule has 1 aliphatic heterocycles. The highest BCUT2D eigenvalue weighted by molar-refractivity contribution is 6.20. The van der Waals surface area contributed by atoms with E-state index >= 15 is 0 Å². The second-order valence-electron chi connectivity index (χ2n) is 7.57. The number of halogens is 1. The molecule has 0 saturated carbocycles. The first-order valence-electron chi connectivity index (χ1n) is 10.2. The molecule has 0 saturated heterocycles. The van der Waals surface area contributed by atoms with Crippen molar-refractivity contribution in [2.75, 3.05) is 12.0 Å². The summed E-state index contributed by atoms with van der Waals surface area (Å²) in [6, 6.07) is 19.9. The number of hydrogen-bond donors (Lipinski definition) is 1. The number of hydrogen-bond acceptors (Lipinski definition) is 5. The summed E-state index contributed by atoms with van der Waals surface area (Å²) < 4.78 is 24.9. The second kappa shape index (κ2) is 7.94. The van der Waals surface area contributed by atoms with Crippen molar-refractivity contribution in [3.05, 3.63) is 107 Å². The zero-order chi connectivity index (χ0) is 23.1. The first-order valence-corrected chi connectivity index (χ1v) is 10.2. The normalized spacial score (nSPS) is 16.0. The average molecular weight is 443 g/mol. The molecule has 0 aliphatic carbocycles. The van der Waals surface area contributed by atoms with Gasteiger partial charge >= 0.3 is 0 Å². The number of nitrogens with zero attached hydrogens (tertiary/aromatic N) is 1. The van der Waals surface area contributed by atoms with Crippen LogP contribution in [-0.2, 0) is 4.79 Å². The lowest BCUT2D eigenvalue weighted by Crippen LogP contribution is -2.31. The molecule has 2 heterocycles. The van der Waals surface area contributed by atoms with Crippen LogP contribution in [0.15, 0.2) is 94.6 Å². The Hall–Kier alpha value is -4.39. The van der Waals surface area contributed by atoms with Gasteiger partial charge in [0.1, 0.15) is 17.1 Å². The fourth-order valence-corrected chi connectivity index (χ4v) is 4.06. The first-order chi connectivity index (χ1) is 16.0. The number of anilines is 1. The molecule has 0 spiro atoms. The van der Waals surface area contributed by atoms with Gasteiger partial charge < -0.3 is 14.3 Å². The minimum atomic E-state index is -0.995. The van der Waals surface area contributed by atoms with Crippen LogP contribution >= 0.6 is 0 Å². The summed E-state index contributed by atoms with van der Waals surface area (Å²) in [7, 11) is 1.52. The third-order valence-electron chi connectivity index (χ3n) is 5.62. The minimum absolute atomic E-state index is 0.00912. The van der Waals surface area contributed by atoms with Crippen LogP contribution in [0.4, 0.5) is 10.1 Å². The Morgan fingerprint density at radius 2 is 1.79 bits per heavy atom. The van der Waals surface area contributed by atoms with Gasteiger partial charge in [-0.15, -0.1) is 0 Å². The lowest BCUT2D eigenvalue weighted by atomic mass is 9.94. The van der Waals surface area contributed by atoms with E-state index in [1.165, 1.54) is 30.2 Å². The summed E-state index contributed by atoms with van der Waals surface area (Å²) in [6.07, 6.45) is 0. The van der Waals surface area contributed by atoms with Gasteiger partial charge in [-0.3, -0.25) is 14.5 Å². The Kier molecular flexibility index (Phi) is 4.94. The number of aliphatic hydroxyl groups excluding tert-OH is 1. The molecule has 1 unspecified atom stereocenters. The summed E-state index contributed by atoms with van der Waals surface area (Å²) in [5.41, 5.74) is 1.11. The van der Waals surface area contributed by atoms with E-state index < -0.39 is 29.3 Å². The number of benzene rings is 3. The lowest BCUT2D eigenvalue weighted by Gasteiger charge is -2.27. The molecule has 5 rings (SSSR count). The van der Waals surface area contributed by atoms with Crippen molar-refractivity contribution in [1.82, 2.24) is 0 Å². The van der Waals surface area contributed by atoms with Crippen molar-refractivity contribution >= 4 is 28.3 Å². The molecule has 1 N–H and O–H groups in total. The van der Waals surface area contributed by atoms with E-state index in [1.54, 1.807) is 54.6 Å². The monoisotopic (exact) mass is 443 g/mol. The van der Waals surface area contributed by atoms with E-state index in [0.29, 0.717) is 22.3 Å². The molecule has 1 aromatic heterocycles. The third kappa shape index (κ3) is 3.43. The van der Waals surface area contributed by atoms with Gasteiger partial charge in [0.05, 0.1) is 18.7 Å². The number of furan rings is 1. The fraction of sp³-hybridized carbons (Fsp3) is 0.0769. The summed E-state index contributed by atoms with van der Waals surface area (Å²) in [5, 5.41) is 11.5. The SMILES string of the molecule is COc1ccc(C2C(C(=O)c3cc4ccccc4o3)=C(O)C(=O)N2c2cccc(F)c2)cc1. The number of fused-ring (bicyclic) bond motifs is 1. The van der Waals surface area contributed by atoms with Gasteiger partial charge in [-0.2, -0.15) is 0 Å².